The first-order valence-corrected chi connectivity index (χ1v) is 9.33. The predicted molar refractivity (Wildman–Crippen MR) is 99.9 cm³/mol. The van der Waals surface area contributed by atoms with Crippen LogP contribution in [0.25, 0.3) is 0 Å². The minimum absolute atomic E-state index is 0.0307. The fraction of sp³-hybridized carbons (Fsp3) is 0.364. The van der Waals surface area contributed by atoms with Crippen molar-refractivity contribution in [2.24, 2.45) is 5.92 Å². The Bertz CT molecular complexity index is 897. The van der Waals surface area contributed by atoms with Gasteiger partial charge in [-0.05, 0) is 49.9 Å². The number of carbonyl (C=O) groups excluding carboxylic acids is 2. The van der Waals surface area contributed by atoms with E-state index in [4.69, 9.17) is 4.74 Å². The second kappa shape index (κ2) is 6.80. The van der Waals surface area contributed by atoms with Crippen LogP contribution >= 0.6 is 0 Å². The maximum atomic E-state index is 13.9. The molecule has 140 valence electrons. The number of benzene rings is 2. The quantitative estimate of drug-likeness (QED) is 0.772. The molecule has 1 aliphatic carbocycles. The van der Waals surface area contributed by atoms with E-state index in [0.717, 1.165) is 17.7 Å². The lowest BCUT2D eigenvalue weighted by molar-refractivity contribution is -0.155. The van der Waals surface area contributed by atoms with E-state index in [9.17, 15) is 14.0 Å². The van der Waals surface area contributed by atoms with Crippen molar-refractivity contribution in [3.63, 3.8) is 0 Å². The number of para-hydroxylation sites is 1. The van der Waals surface area contributed by atoms with E-state index in [1.807, 2.05) is 31.2 Å². The highest BCUT2D eigenvalue weighted by Gasteiger charge is 2.47. The largest absolute Gasteiger partial charge is 0.452 e. The van der Waals surface area contributed by atoms with Crippen molar-refractivity contribution in [3.05, 3.63) is 65.5 Å². The first kappa shape index (κ1) is 17.7. The van der Waals surface area contributed by atoms with Gasteiger partial charge in [-0.25, -0.2) is 4.39 Å². The number of esters is 1. The van der Waals surface area contributed by atoms with Gasteiger partial charge in [0.25, 0.3) is 5.91 Å². The first-order chi connectivity index (χ1) is 13.0. The van der Waals surface area contributed by atoms with Gasteiger partial charge in [-0.15, -0.1) is 0 Å². The lowest BCUT2D eigenvalue weighted by atomic mass is 10.1. The lowest BCUT2D eigenvalue weighted by Gasteiger charge is -2.26. The zero-order valence-electron chi connectivity index (χ0n) is 15.4. The molecular weight excluding hydrogens is 345 g/mol. The Hall–Kier alpha value is -2.69. The summed E-state index contributed by atoms with van der Waals surface area (Å²) in [5.74, 6) is -1.48. The standard InChI is InChI=1S/C22H22FNO3/c1-13-11-15-7-3-6-10-20(15)24(13)21(25)14(2)27-22(26)18-12-17(18)16-8-4-5-9-19(16)23/h3-10,13-14,17-18H,11-12H2,1-2H3/t13-,14+,17+,18-/m1/s1. The van der Waals surface area contributed by atoms with Crippen LogP contribution in [0.1, 0.15) is 37.3 Å². The summed E-state index contributed by atoms with van der Waals surface area (Å²) in [4.78, 5) is 27.0. The van der Waals surface area contributed by atoms with Crippen LogP contribution < -0.4 is 4.90 Å². The summed E-state index contributed by atoms with van der Waals surface area (Å²) in [6.07, 6.45) is 0.484. The number of hydrogen-bond donors (Lipinski definition) is 0. The van der Waals surface area contributed by atoms with Crippen LogP contribution in [-0.2, 0) is 20.7 Å². The third-order valence-corrected chi connectivity index (χ3v) is 5.48. The summed E-state index contributed by atoms with van der Waals surface area (Å²) < 4.78 is 19.3. The predicted octanol–water partition coefficient (Wildman–Crippen LogP) is 3.84. The molecule has 1 saturated carbocycles. The average Bonchev–Trinajstić information content (AvgIpc) is 3.37. The summed E-state index contributed by atoms with van der Waals surface area (Å²) in [5, 5.41) is 0. The van der Waals surface area contributed by atoms with Crippen LogP contribution in [-0.4, -0.2) is 24.0 Å². The molecule has 1 fully saturated rings. The van der Waals surface area contributed by atoms with E-state index in [-0.39, 0.29) is 29.6 Å². The molecule has 5 heteroatoms. The molecule has 0 N–H and O–H groups in total. The average molecular weight is 367 g/mol. The molecule has 4 rings (SSSR count). The van der Waals surface area contributed by atoms with Gasteiger partial charge < -0.3 is 9.64 Å². The Morgan fingerprint density at radius 1 is 1.15 bits per heavy atom. The fourth-order valence-corrected chi connectivity index (χ4v) is 3.98. The zero-order valence-corrected chi connectivity index (χ0v) is 15.4. The van der Waals surface area contributed by atoms with E-state index in [2.05, 4.69) is 0 Å². The fourth-order valence-electron chi connectivity index (χ4n) is 3.98. The molecule has 2 aliphatic rings. The van der Waals surface area contributed by atoms with Gasteiger partial charge in [-0.1, -0.05) is 36.4 Å². The maximum absolute atomic E-state index is 13.9. The summed E-state index contributed by atoms with van der Waals surface area (Å²) in [6, 6.07) is 14.3. The number of fused-ring (bicyclic) bond motifs is 1. The van der Waals surface area contributed by atoms with Crippen molar-refractivity contribution in [1.29, 1.82) is 0 Å². The summed E-state index contributed by atoms with van der Waals surface area (Å²) in [7, 11) is 0. The van der Waals surface area contributed by atoms with Crippen molar-refractivity contribution in [3.8, 4) is 0 Å². The number of rotatable bonds is 4. The molecule has 0 bridgehead atoms. The molecule has 0 unspecified atom stereocenters. The Labute approximate surface area is 157 Å². The molecule has 0 radical (unpaired) electrons. The van der Waals surface area contributed by atoms with Crippen LogP contribution in [0.2, 0.25) is 0 Å². The van der Waals surface area contributed by atoms with E-state index in [1.165, 1.54) is 6.07 Å². The van der Waals surface area contributed by atoms with Crippen LogP contribution in [0.4, 0.5) is 10.1 Å². The number of hydrogen-bond acceptors (Lipinski definition) is 3. The molecule has 4 nitrogen and oxygen atoms in total. The normalized spacial score (nSPS) is 24.3. The monoisotopic (exact) mass is 367 g/mol. The van der Waals surface area contributed by atoms with Gasteiger partial charge in [0.2, 0.25) is 0 Å². The molecule has 4 atom stereocenters. The molecule has 1 aliphatic heterocycles. The Kier molecular flexibility index (Phi) is 4.46. The number of ether oxygens (including phenoxy) is 1. The SMILES string of the molecule is C[C@H](OC(=O)[C@@H]1C[C@H]1c1ccccc1F)C(=O)N1c2ccccc2C[C@H]1C. The van der Waals surface area contributed by atoms with Gasteiger partial charge in [0.15, 0.2) is 6.10 Å². The van der Waals surface area contributed by atoms with Crippen LogP contribution in [0.15, 0.2) is 48.5 Å². The van der Waals surface area contributed by atoms with Crippen LogP contribution in [0.5, 0.6) is 0 Å². The molecule has 0 spiro atoms. The van der Waals surface area contributed by atoms with Gasteiger partial charge in [0.1, 0.15) is 5.82 Å². The summed E-state index contributed by atoms with van der Waals surface area (Å²) in [5.41, 5.74) is 2.55. The molecule has 2 aromatic rings. The smallest absolute Gasteiger partial charge is 0.310 e. The minimum Gasteiger partial charge on any atom is -0.452 e. The van der Waals surface area contributed by atoms with Gasteiger partial charge in [-0.3, -0.25) is 9.59 Å². The highest BCUT2D eigenvalue weighted by molar-refractivity contribution is 5.99. The van der Waals surface area contributed by atoms with Crippen molar-refractivity contribution in [1.82, 2.24) is 0 Å². The highest BCUT2D eigenvalue weighted by atomic mass is 19.1. The third kappa shape index (κ3) is 3.22. The second-order valence-corrected chi connectivity index (χ2v) is 7.44. The van der Waals surface area contributed by atoms with Crippen molar-refractivity contribution < 1.29 is 18.7 Å². The van der Waals surface area contributed by atoms with Crippen LogP contribution in [0, 0.1) is 11.7 Å². The molecule has 1 heterocycles. The number of halogens is 1. The third-order valence-electron chi connectivity index (χ3n) is 5.48. The van der Waals surface area contributed by atoms with Crippen molar-refractivity contribution in [2.45, 2.75) is 44.8 Å². The molecule has 1 amide bonds. The van der Waals surface area contributed by atoms with E-state index in [0.29, 0.717) is 12.0 Å². The van der Waals surface area contributed by atoms with Crippen LogP contribution in [0.3, 0.4) is 0 Å². The molecule has 0 aromatic heterocycles. The van der Waals surface area contributed by atoms with Gasteiger partial charge in [0.05, 0.1) is 5.92 Å². The highest BCUT2D eigenvalue weighted by Crippen LogP contribution is 2.49. The molecule has 0 saturated heterocycles. The van der Waals surface area contributed by atoms with Crippen molar-refractivity contribution >= 4 is 17.6 Å². The summed E-state index contributed by atoms with van der Waals surface area (Å²) >= 11 is 0. The number of anilines is 1. The lowest BCUT2D eigenvalue weighted by Crippen LogP contribution is -2.43. The second-order valence-electron chi connectivity index (χ2n) is 7.44. The van der Waals surface area contributed by atoms with E-state index in [1.54, 1.807) is 30.0 Å². The molecular formula is C22H22FNO3. The number of amides is 1. The maximum Gasteiger partial charge on any atom is 0.310 e. The summed E-state index contributed by atoms with van der Waals surface area (Å²) in [6.45, 7) is 3.59. The minimum atomic E-state index is -0.868. The van der Waals surface area contributed by atoms with Gasteiger partial charge >= 0.3 is 5.97 Å². The van der Waals surface area contributed by atoms with E-state index >= 15 is 0 Å². The Balaban J connectivity index is 1.41. The van der Waals surface area contributed by atoms with Crippen molar-refractivity contribution in [2.75, 3.05) is 4.90 Å². The molecule has 27 heavy (non-hydrogen) atoms. The van der Waals surface area contributed by atoms with Gasteiger partial charge in [0, 0.05) is 17.6 Å². The number of nitrogens with zero attached hydrogens (tertiary/aromatic N) is 1. The van der Waals surface area contributed by atoms with Gasteiger partial charge in [-0.2, -0.15) is 0 Å². The van der Waals surface area contributed by atoms with E-state index < -0.39 is 12.1 Å². The topological polar surface area (TPSA) is 46.6 Å². The Morgan fingerprint density at radius 3 is 2.63 bits per heavy atom. The first-order valence-electron chi connectivity index (χ1n) is 9.33. The number of carbonyl (C=O) groups is 2. The molecule has 2 aromatic carbocycles. The zero-order chi connectivity index (χ0) is 19.1. The Morgan fingerprint density at radius 2 is 1.85 bits per heavy atom.